The topological polar surface area (TPSA) is 71.0 Å². The molecule has 0 aliphatic rings. The number of hydrogen-bond acceptors (Lipinski definition) is 3. The summed E-state index contributed by atoms with van der Waals surface area (Å²) in [5, 5.41) is 0. The molecule has 2 heterocycles. The van der Waals surface area contributed by atoms with Crippen LogP contribution >= 0.6 is 7.91 Å². The predicted molar refractivity (Wildman–Crippen MR) is 101 cm³/mol. The zero-order chi connectivity index (χ0) is 20.7. The van der Waals surface area contributed by atoms with E-state index in [1.165, 1.54) is 36.8 Å². The molecular weight excluding hydrogens is 366 g/mol. The first kappa shape index (κ1) is 25.4. The highest BCUT2D eigenvalue weighted by Crippen LogP contribution is 2.22. The Bertz CT molecular complexity index is 635. The lowest BCUT2D eigenvalue weighted by atomic mass is 10.3. The molecule has 0 unspecified atom stereocenters. The predicted octanol–water partition coefficient (Wildman–Crippen LogP) is 2.95. The monoisotopic (exact) mass is 398 g/mol. The normalized spacial score (nSPS) is 10.3. The van der Waals surface area contributed by atoms with Crippen molar-refractivity contribution >= 4 is 7.91 Å². The highest BCUT2D eigenvalue weighted by molar-refractivity contribution is 7.42. The second-order valence-corrected chi connectivity index (χ2v) is 7.24. The van der Waals surface area contributed by atoms with E-state index in [9.17, 15) is 4.20 Å². The first-order valence-corrected chi connectivity index (χ1v) is 10.7. The maximum atomic E-state index is 10.1. The molecule has 0 fully saturated rings. The van der Waals surface area contributed by atoms with Gasteiger partial charge in [-0.2, -0.15) is 0 Å². The molecule has 0 saturated carbocycles. The van der Waals surface area contributed by atoms with Crippen molar-refractivity contribution in [3.05, 3.63) is 60.2 Å². The van der Waals surface area contributed by atoms with Crippen LogP contribution in [0.15, 0.2) is 49.1 Å². The Morgan fingerprint density at radius 1 is 0.889 bits per heavy atom. The van der Waals surface area contributed by atoms with Crippen molar-refractivity contribution in [2.24, 2.45) is 0 Å². The van der Waals surface area contributed by atoms with E-state index in [1.54, 1.807) is 0 Å². The highest BCUT2D eigenvalue weighted by Gasteiger charge is 1.98. The molecular formula is C20H32FN2O3P. The summed E-state index contributed by atoms with van der Waals surface area (Å²) in [4.78, 5) is 16.9. The van der Waals surface area contributed by atoms with Gasteiger partial charge in [0.05, 0.1) is 0 Å². The van der Waals surface area contributed by atoms with Crippen LogP contribution in [0, 0.1) is 13.8 Å². The van der Waals surface area contributed by atoms with Crippen molar-refractivity contribution in [1.82, 2.24) is 0 Å². The average molecular weight is 398 g/mol. The van der Waals surface area contributed by atoms with E-state index in [-0.39, 0.29) is 0 Å². The van der Waals surface area contributed by atoms with E-state index in [2.05, 4.69) is 85.9 Å². The summed E-state index contributed by atoms with van der Waals surface area (Å²) < 4.78 is 23.1. The van der Waals surface area contributed by atoms with Crippen molar-refractivity contribution in [3.8, 4) is 0 Å². The summed E-state index contributed by atoms with van der Waals surface area (Å²) in [5.41, 5.74) is 2.67. The van der Waals surface area contributed by atoms with E-state index in [1.807, 2.05) is 0 Å². The molecule has 0 radical (unpaired) electrons. The van der Waals surface area contributed by atoms with Gasteiger partial charge >= 0.3 is 0 Å². The fourth-order valence-electron chi connectivity index (χ4n) is 2.27. The Morgan fingerprint density at radius 2 is 1.22 bits per heavy atom. The lowest BCUT2D eigenvalue weighted by Gasteiger charge is -2.15. The summed E-state index contributed by atoms with van der Waals surface area (Å²) in [6, 6.07) is 8.46. The SMILES string of the molecule is CCCC[n+]1cccc(C)c1.CCCC[n+]1cccc(C)c1.O=P([O-])([O-])F. The molecule has 152 valence electrons. The number of halogens is 1. The molecule has 2 aromatic rings. The van der Waals surface area contributed by atoms with Crippen LogP contribution in [0.25, 0.3) is 0 Å². The van der Waals surface area contributed by atoms with E-state index < -0.39 is 7.91 Å². The summed E-state index contributed by atoms with van der Waals surface area (Å²) in [5.74, 6) is 0. The van der Waals surface area contributed by atoms with Gasteiger partial charge in [0, 0.05) is 36.1 Å². The smallest absolute Gasteiger partial charge is 0.171 e. The van der Waals surface area contributed by atoms with Crippen molar-refractivity contribution in [3.63, 3.8) is 0 Å². The minimum Gasteiger partial charge on any atom is -0.786 e. The van der Waals surface area contributed by atoms with Crippen LogP contribution in [0.2, 0.25) is 0 Å². The minimum atomic E-state index is -5.64. The molecule has 2 rings (SSSR count). The van der Waals surface area contributed by atoms with E-state index in [0.717, 1.165) is 13.1 Å². The first-order chi connectivity index (χ1) is 12.7. The zero-order valence-corrected chi connectivity index (χ0v) is 17.7. The van der Waals surface area contributed by atoms with Crippen molar-refractivity contribution in [1.29, 1.82) is 0 Å². The van der Waals surface area contributed by atoms with E-state index >= 15 is 0 Å². The standard InChI is InChI=1S/2C10H16N.FH2O3P/c2*1-3-4-7-11-8-5-6-10(2)9-11;1-5(2,3)4/h2*5-6,8-9H,3-4,7H2,1-2H3;(H2,2,3,4)/q2*+1;/p-2. The van der Waals surface area contributed by atoms with Crippen LogP contribution in [-0.4, -0.2) is 0 Å². The Labute approximate surface area is 162 Å². The molecule has 0 aromatic carbocycles. The van der Waals surface area contributed by atoms with Gasteiger partial charge in [-0.15, -0.1) is 0 Å². The molecule has 27 heavy (non-hydrogen) atoms. The molecule has 2 aromatic heterocycles. The lowest BCUT2D eigenvalue weighted by molar-refractivity contribution is -0.697. The van der Waals surface area contributed by atoms with Gasteiger partial charge < -0.3 is 14.4 Å². The highest BCUT2D eigenvalue weighted by atomic mass is 31.2. The van der Waals surface area contributed by atoms with Crippen molar-refractivity contribution in [2.45, 2.75) is 66.5 Å². The molecule has 0 atom stereocenters. The summed E-state index contributed by atoms with van der Waals surface area (Å²) in [7, 11) is -5.64. The third-order valence-corrected chi connectivity index (χ3v) is 3.55. The number of aryl methyl sites for hydroxylation is 4. The molecule has 0 N–H and O–H groups in total. The van der Waals surface area contributed by atoms with Gasteiger partial charge in [0.2, 0.25) is 0 Å². The second-order valence-electron chi connectivity index (χ2n) is 6.38. The van der Waals surface area contributed by atoms with Gasteiger partial charge in [0.1, 0.15) is 21.0 Å². The third kappa shape index (κ3) is 17.5. The third-order valence-electron chi connectivity index (χ3n) is 3.55. The van der Waals surface area contributed by atoms with Crippen LogP contribution in [0.1, 0.15) is 50.7 Å². The molecule has 0 aliphatic carbocycles. The average Bonchev–Trinajstić information content (AvgIpc) is 2.57. The molecule has 0 aliphatic heterocycles. The molecule has 0 spiro atoms. The van der Waals surface area contributed by atoms with Gasteiger partial charge in [0.25, 0.3) is 0 Å². The summed E-state index contributed by atoms with van der Waals surface area (Å²) >= 11 is 0. The lowest BCUT2D eigenvalue weighted by Crippen LogP contribution is -2.32. The maximum Gasteiger partial charge on any atom is 0.171 e. The molecule has 0 bridgehead atoms. The summed E-state index contributed by atoms with van der Waals surface area (Å²) in [6.07, 6.45) is 13.7. The molecule has 7 heteroatoms. The number of hydrogen-bond donors (Lipinski definition) is 0. The molecule has 5 nitrogen and oxygen atoms in total. The number of rotatable bonds is 6. The first-order valence-electron chi connectivity index (χ1n) is 9.28. The minimum absolute atomic E-state index is 1.15. The maximum absolute atomic E-state index is 10.1. The van der Waals surface area contributed by atoms with Crippen molar-refractivity contribution < 1.29 is 27.7 Å². The van der Waals surface area contributed by atoms with E-state index in [0.29, 0.717) is 0 Å². The van der Waals surface area contributed by atoms with Gasteiger partial charge in [0.15, 0.2) is 24.8 Å². The van der Waals surface area contributed by atoms with Crippen LogP contribution in [0.4, 0.5) is 4.20 Å². The number of nitrogens with zero attached hydrogens (tertiary/aromatic N) is 2. The number of aromatic nitrogens is 2. The zero-order valence-electron chi connectivity index (χ0n) is 16.8. The Hall–Kier alpha value is -1.62. The fourth-order valence-corrected chi connectivity index (χ4v) is 2.27. The fraction of sp³-hybridized carbons (Fsp3) is 0.500. The van der Waals surface area contributed by atoms with Crippen LogP contribution in [0.3, 0.4) is 0 Å². The number of pyridine rings is 2. The Balaban J connectivity index is 0.000000405. The van der Waals surface area contributed by atoms with Gasteiger partial charge in [-0.3, -0.25) is 0 Å². The van der Waals surface area contributed by atoms with Gasteiger partial charge in [-0.25, -0.2) is 13.3 Å². The number of unbranched alkanes of at least 4 members (excludes halogenated alkanes) is 2. The largest absolute Gasteiger partial charge is 0.786 e. The second kappa shape index (κ2) is 14.4. The Morgan fingerprint density at radius 3 is 1.48 bits per heavy atom. The van der Waals surface area contributed by atoms with Crippen LogP contribution in [-0.2, 0) is 17.7 Å². The van der Waals surface area contributed by atoms with Crippen molar-refractivity contribution in [2.75, 3.05) is 0 Å². The molecule has 0 saturated heterocycles. The summed E-state index contributed by atoms with van der Waals surface area (Å²) in [6.45, 7) is 11.0. The van der Waals surface area contributed by atoms with Gasteiger partial charge in [-0.05, 0) is 26.0 Å². The van der Waals surface area contributed by atoms with E-state index in [4.69, 9.17) is 14.4 Å². The van der Waals surface area contributed by atoms with Gasteiger partial charge in [-0.1, -0.05) is 26.7 Å². The Kier molecular flexibility index (Phi) is 13.6. The van der Waals surface area contributed by atoms with Crippen LogP contribution in [0.5, 0.6) is 0 Å². The quantitative estimate of drug-likeness (QED) is 0.555. The van der Waals surface area contributed by atoms with Crippen LogP contribution < -0.4 is 18.9 Å². The molecule has 0 amide bonds.